The predicted octanol–water partition coefficient (Wildman–Crippen LogP) is 1.22. The first-order valence-corrected chi connectivity index (χ1v) is 5.85. The molecular formula is C13H17NO5. The van der Waals surface area contributed by atoms with Gasteiger partial charge in [-0.05, 0) is 24.6 Å². The van der Waals surface area contributed by atoms with E-state index in [1.54, 1.807) is 19.1 Å². The van der Waals surface area contributed by atoms with Gasteiger partial charge in [0.15, 0.2) is 0 Å². The van der Waals surface area contributed by atoms with Crippen LogP contribution >= 0.6 is 0 Å². The van der Waals surface area contributed by atoms with E-state index in [-0.39, 0.29) is 18.8 Å². The highest BCUT2D eigenvalue weighted by molar-refractivity contribution is 5.81. The third kappa shape index (κ3) is 4.87. The number of phenols is 1. The van der Waals surface area contributed by atoms with Gasteiger partial charge >= 0.3 is 12.1 Å². The Kier molecular flexibility index (Phi) is 5.66. The fourth-order valence-corrected chi connectivity index (χ4v) is 1.52. The number of nitrogens with one attached hydrogen (secondary N) is 1. The number of amides is 1. The average molecular weight is 267 g/mol. The maximum Gasteiger partial charge on any atom is 0.407 e. The van der Waals surface area contributed by atoms with Crippen molar-refractivity contribution in [3.8, 4) is 5.75 Å². The van der Waals surface area contributed by atoms with Crippen LogP contribution in [0, 0.1) is 0 Å². The second-order valence-electron chi connectivity index (χ2n) is 3.81. The van der Waals surface area contributed by atoms with E-state index in [1.165, 1.54) is 19.2 Å². The molecule has 1 unspecified atom stereocenters. The summed E-state index contributed by atoms with van der Waals surface area (Å²) in [7, 11) is 1.25. The van der Waals surface area contributed by atoms with Gasteiger partial charge in [0.25, 0.3) is 0 Å². The molecule has 19 heavy (non-hydrogen) atoms. The number of aromatic hydroxyl groups is 1. The van der Waals surface area contributed by atoms with E-state index in [9.17, 15) is 14.7 Å². The summed E-state index contributed by atoms with van der Waals surface area (Å²) in [4.78, 5) is 22.9. The number of hydrogen-bond donors (Lipinski definition) is 2. The topological polar surface area (TPSA) is 84.9 Å². The standard InChI is InChI=1S/C13H17NO5/c1-3-19-13(17)14-11(12(16)18-2)8-9-4-6-10(15)7-5-9/h4-7,11,15H,3,8H2,1-2H3,(H,14,17). The highest BCUT2D eigenvalue weighted by atomic mass is 16.6. The molecule has 0 saturated carbocycles. The number of carbonyl (C=O) groups is 2. The molecule has 0 bridgehead atoms. The predicted molar refractivity (Wildman–Crippen MR) is 67.8 cm³/mol. The van der Waals surface area contributed by atoms with Gasteiger partial charge in [0.1, 0.15) is 11.8 Å². The maximum absolute atomic E-state index is 11.6. The summed E-state index contributed by atoms with van der Waals surface area (Å²) >= 11 is 0. The third-order valence-electron chi connectivity index (χ3n) is 2.43. The van der Waals surface area contributed by atoms with E-state index in [1.807, 2.05) is 0 Å². The quantitative estimate of drug-likeness (QED) is 0.784. The molecular weight excluding hydrogens is 250 g/mol. The number of alkyl carbamates (subject to hydrolysis) is 1. The van der Waals surface area contributed by atoms with E-state index in [2.05, 4.69) is 10.1 Å². The molecule has 6 nitrogen and oxygen atoms in total. The van der Waals surface area contributed by atoms with E-state index in [4.69, 9.17) is 4.74 Å². The van der Waals surface area contributed by atoms with E-state index in [0.29, 0.717) is 0 Å². The molecule has 0 spiro atoms. The number of phenolic OH excluding ortho intramolecular Hbond substituents is 1. The minimum Gasteiger partial charge on any atom is -0.508 e. The summed E-state index contributed by atoms with van der Waals surface area (Å²) in [5.41, 5.74) is 0.782. The van der Waals surface area contributed by atoms with Crippen molar-refractivity contribution in [1.29, 1.82) is 0 Å². The second-order valence-corrected chi connectivity index (χ2v) is 3.81. The first-order valence-electron chi connectivity index (χ1n) is 5.85. The second kappa shape index (κ2) is 7.25. The highest BCUT2D eigenvalue weighted by Crippen LogP contribution is 2.11. The molecule has 1 atom stereocenters. The zero-order chi connectivity index (χ0) is 14.3. The summed E-state index contributed by atoms with van der Waals surface area (Å²) in [6.07, 6.45) is -0.414. The molecule has 0 fully saturated rings. The molecule has 0 aliphatic carbocycles. The fourth-order valence-electron chi connectivity index (χ4n) is 1.52. The van der Waals surface area contributed by atoms with Crippen molar-refractivity contribution < 1.29 is 24.2 Å². The van der Waals surface area contributed by atoms with Crippen LogP contribution in [0.2, 0.25) is 0 Å². The number of rotatable bonds is 5. The minimum atomic E-state index is -0.825. The monoisotopic (exact) mass is 267 g/mol. The number of ether oxygens (including phenoxy) is 2. The van der Waals surface area contributed by atoms with E-state index < -0.39 is 18.1 Å². The maximum atomic E-state index is 11.6. The Bertz CT molecular complexity index is 429. The summed E-state index contributed by atoms with van der Waals surface area (Å²) in [6.45, 7) is 1.89. The molecule has 6 heteroatoms. The Balaban J connectivity index is 2.71. The molecule has 1 aromatic rings. The van der Waals surface area contributed by atoms with Crippen LogP contribution in [0.3, 0.4) is 0 Å². The molecule has 2 N–H and O–H groups in total. The molecule has 1 amide bonds. The molecule has 0 saturated heterocycles. The van der Waals surface area contributed by atoms with Crippen molar-refractivity contribution in [2.24, 2.45) is 0 Å². The van der Waals surface area contributed by atoms with Gasteiger partial charge in [-0.15, -0.1) is 0 Å². The molecule has 104 valence electrons. The van der Waals surface area contributed by atoms with Crippen molar-refractivity contribution in [3.05, 3.63) is 29.8 Å². The molecule has 1 aromatic carbocycles. The zero-order valence-electron chi connectivity index (χ0n) is 10.9. The van der Waals surface area contributed by atoms with Gasteiger partial charge in [-0.3, -0.25) is 0 Å². The third-order valence-corrected chi connectivity index (χ3v) is 2.43. The van der Waals surface area contributed by atoms with Crippen LogP contribution in [0.1, 0.15) is 12.5 Å². The van der Waals surface area contributed by atoms with Crippen LogP contribution in [-0.4, -0.2) is 36.9 Å². The number of benzene rings is 1. The molecule has 0 aliphatic heterocycles. The Labute approximate surface area is 111 Å². The summed E-state index contributed by atoms with van der Waals surface area (Å²) < 4.78 is 9.35. The molecule has 0 aliphatic rings. The zero-order valence-corrected chi connectivity index (χ0v) is 10.9. The van der Waals surface area contributed by atoms with Crippen LogP contribution in [-0.2, 0) is 20.7 Å². The van der Waals surface area contributed by atoms with E-state index in [0.717, 1.165) is 5.56 Å². The van der Waals surface area contributed by atoms with Crippen LogP contribution in [0.15, 0.2) is 24.3 Å². The summed E-state index contributed by atoms with van der Waals surface area (Å²) in [6, 6.07) is 5.52. The smallest absolute Gasteiger partial charge is 0.407 e. The number of hydrogen-bond acceptors (Lipinski definition) is 5. The van der Waals surface area contributed by atoms with E-state index >= 15 is 0 Å². The molecule has 1 rings (SSSR count). The van der Waals surface area contributed by atoms with Gasteiger partial charge in [-0.1, -0.05) is 12.1 Å². The van der Waals surface area contributed by atoms with Crippen molar-refractivity contribution in [2.75, 3.05) is 13.7 Å². The summed E-state index contributed by atoms with van der Waals surface area (Å²) in [5, 5.41) is 11.6. The summed E-state index contributed by atoms with van der Waals surface area (Å²) in [5.74, 6) is -0.419. The first kappa shape index (κ1) is 14.8. The van der Waals surface area contributed by atoms with Crippen molar-refractivity contribution in [3.63, 3.8) is 0 Å². The lowest BCUT2D eigenvalue weighted by atomic mass is 10.1. The number of methoxy groups -OCH3 is 1. The molecule has 0 heterocycles. The van der Waals surface area contributed by atoms with Crippen LogP contribution in [0.4, 0.5) is 4.79 Å². The van der Waals surface area contributed by atoms with Gasteiger partial charge in [0, 0.05) is 6.42 Å². The van der Waals surface area contributed by atoms with Gasteiger partial charge in [-0.2, -0.15) is 0 Å². The largest absolute Gasteiger partial charge is 0.508 e. The highest BCUT2D eigenvalue weighted by Gasteiger charge is 2.22. The molecule has 0 radical (unpaired) electrons. The Hall–Kier alpha value is -2.24. The lowest BCUT2D eigenvalue weighted by Gasteiger charge is -2.16. The lowest BCUT2D eigenvalue weighted by molar-refractivity contribution is -0.142. The molecule has 0 aromatic heterocycles. The van der Waals surface area contributed by atoms with Crippen molar-refractivity contribution in [2.45, 2.75) is 19.4 Å². The average Bonchev–Trinajstić information content (AvgIpc) is 2.40. The van der Waals surface area contributed by atoms with Gasteiger partial charge in [0.2, 0.25) is 0 Å². The van der Waals surface area contributed by atoms with Crippen molar-refractivity contribution >= 4 is 12.1 Å². The normalized spacial score (nSPS) is 11.5. The SMILES string of the molecule is CCOC(=O)NC(Cc1ccc(O)cc1)C(=O)OC. The Morgan fingerprint density at radius 1 is 1.32 bits per heavy atom. The van der Waals surface area contributed by atoms with Gasteiger partial charge in [0.05, 0.1) is 13.7 Å². The lowest BCUT2D eigenvalue weighted by Crippen LogP contribution is -2.43. The van der Waals surface area contributed by atoms with Crippen LogP contribution in [0.25, 0.3) is 0 Å². The van der Waals surface area contributed by atoms with Gasteiger partial charge in [-0.25, -0.2) is 9.59 Å². The van der Waals surface area contributed by atoms with Crippen LogP contribution < -0.4 is 5.32 Å². The number of carbonyl (C=O) groups excluding carboxylic acids is 2. The minimum absolute atomic E-state index is 0.136. The Morgan fingerprint density at radius 3 is 2.47 bits per heavy atom. The van der Waals surface area contributed by atoms with Crippen molar-refractivity contribution in [1.82, 2.24) is 5.32 Å². The first-order chi connectivity index (χ1) is 9.06. The fraction of sp³-hybridized carbons (Fsp3) is 0.385. The Morgan fingerprint density at radius 2 is 1.95 bits per heavy atom. The van der Waals surface area contributed by atoms with Gasteiger partial charge < -0.3 is 19.9 Å². The number of esters is 1. The van der Waals surface area contributed by atoms with Crippen LogP contribution in [0.5, 0.6) is 5.75 Å².